The molecule has 54 heavy (non-hydrogen) atoms. The first-order valence-corrected chi connectivity index (χ1v) is 18.3. The molecule has 3 aromatic heterocycles. The van der Waals surface area contributed by atoms with E-state index >= 15 is 0 Å². The smallest absolute Gasteiger partial charge is 0.404 e. The number of hydrogen-bond donors (Lipinski definition) is 6. The number of Topliss-reactive ketones (excluding diaryl/α,β-unsaturated/α-hetero) is 1. The van der Waals surface area contributed by atoms with Crippen LogP contribution in [0.25, 0.3) is 11.0 Å². The Balaban J connectivity index is 1.45. The van der Waals surface area contributed by atoms with E-state index < -0.39 is 65.3 Å². The van der Waals surface area contributed by atoms with E-state index in [1.54, 1.807) is 38.2 Å². The van der Waals surface area contributed by atoms with Gasteiger partial charge < -0.3 is 36.8 Å². The lowest BCUT2D eigenvalue weighted by atomic mass is 9.84. The van der Waals surface area contributed by atoms with Crippen molar-refractivity contribution in [3.05, 3.63) is 48.0 Å². The van der Waals surface area contributed by atoms with Crippen LogP contribution >= 0.6 is 0 Å². The molecule has 0 radical (unpaired) electrons. The Morgan fingerprint density at radius 1 is 1.00 bits per heavy atom. The number of fused-ring (bicyclic) bond motifs is 1. The topological polar surface area (TPSA) is 265 Å². The highest BCUT2D eigenvalue weighted by atomic mass is 16.4. The molecule has 18 heteroatoms. The monoisotopic (exact) mass is 748 g/mol. The number of ketones is 1. The maximum absolute atomic E-state index is 14.8. The predicted molar refractivity (Wildman–Crippen MR) is 192 cm³/mol. The van der Waals surface area contributed by atoms with Gasteiger partial charge >= 0.3 is 6.09 Å². The lowest BCUT2D eigenvalue weighted by Crippen LogP contribution is -2.56. The SMILES string of the molecule is CC(C)(O)c1cnnn1[C@H]1C[C@@H](C(=O)NC(CCCCNC(=O)O)C(=O)C(N)=O)N(C(=O)C(CC2CCCCC2)NC(=O)c2ccnc3ncccc23)C1. The van der Waals surface area contributed by atoms with Gasteiger partial charge in [0.15, 0.2) is 5.65 Å². The van der Waals surface area contributed by atoms with Gasteiger partial charge in [-0.3, -0.25) is 24.0 Å². The summed E-state index contributed by atoms with van der Waals surface area (Å²) in [5, 5.41) is 36.2. The number of carbonyl (C=O) groups excluding carboxylic acids is 5. The van der Waals surface area contributed by atoms with Gasteiger partial charge in [-0.2, -0.15) is 0 Å². The molecule has 18 nitrogen and oxygen atoms in total. The van der Waals surface area contributed by atoms with Gasteiger partial charge in [0.2, 0.25) is 17.6 Å². The summed E-state index contributed by atoms with van der Waals surface area (Å²) in [6, 6.07) is 0.772. The first-order valence-electron chi connectivity index (χ1n) is 18.3. The normalized spacial score (nSPS) is 18.8. The van der Waals surface area contributed by atoms with Gasteiger partial charge in [0, 0.05) is 37.3 Å². The third-order valence-electron chi connectivity index (χ3n) is 10.1. The minimum absolute atomic E-state index is 0.00871. The molecule has 1 saturated carbocycles. The van der Waals surface area contributed by atoms with Crippen LogP contribution in [0.5, 0.6) is 0 Å². The molecule has 1 aliphatic carbocycles. The summed E-state index contributed by atoms with van der Waals surface area (Å²) < 4.78 is 1.47. The summed E-state index contributed by atoms with van der Waals surface area (Å²) in [6.07, 6.45) is 8.95. The molecule has 2 fully saturated rings. The molecule has 5 amide bonds. The first kappa shape index (κ1) is 39.7. The standard InChI is InChI=1S/C36H48N10O8/c1-36(2,54)28-19-41-44-46(28)22-18-27(33(50)42-25(29(47)30(37)48)12-6-7-14-40-35(52)53)45(20-22)34(51)26(17-21-9-4-3-5-10-21)43-32(49)24-13-16-39-31-23(24)11-8-15-38-31/h8,11,13,15-16,19,21-22,25-27,40,54H,3-7,9-10,12,14,17-18,20H2,1-2H3,(H2,37,48)(H,42,50)(H,43,49)(H,52,53)/t22-,25?,26?,27-/m0/s1. The zero-order valence-corrected chi connectivity index (χ0v) is 30.4. The van der Waals surface area contributed by atoms with Crippen LogP contribution in [0.2, 0.25) is 0 Å². The van der Waals surface area contributed by atoms with Crippen molar-refractivity contribution in [2.24, 2.45) is 11.7 Å². The van der Waals surface area contributed by atoms with E-state index in [4.69, 9.17) is 10.8 Å². The molecule has 0 spiro atoms. The van der Waals surface area contributed by atoms with Crippen molar-refractivity contribution in [2.75, 3.05) is 13.1 Å². The lowest BCUT2D eigenvalue weighted by Gasteiger charge is -2.32. The number of carbonyl (C=O) groups is 6. The highest BCUT2D eigenvalue weighted by molar-refractivity contribution is 6.37. The summed E-state index contributed by atoms with van der Waals surface area (Å²) >= 11 is 0. The second-order valence-electron chi connectivity index (χ2n) is 14.5. The number of nitrogens with one attached hydrogen (secondary N) is 3. The van der Waals surface area contributed by atoms with Crippen molar-refractivity contribution in [1.82, 2.24) is 45.8 Å². The average Bonchev–Trinajstić information content (AvgIpc) is 3.82. The second-order valence-corrected chi connectivity index (χ2v) is 14.5. The molecule has 0 aromatic carbocycles. The summed E-state index contributed by atoms with van der Waals surface area (Å²) in [5.74, 6) is -3.91. The molecule has 1 aliphatic heterocycles. The molecule has 4 heterocycles. The van der Waals surface area contributed by atoms with Crippen LogP contribution in [0.1, 0.15) is 100 Å². The minimum atomic E-state index is -1.37. The Morgan fingerprint density at radius 3 is 2.44 bits per heavy atom. The van der Waals surface area contributed by atoms with Crippen molar-refractivity contribution in [1.29, 1.82) is 0 Å². The minimum Gasteiger partial charge on any atom is -0.465 e. The maximum atomic E-state index is 14.8. The number of likely N-dealkylation sites (tertiary alicyclic amines) is 1. The number of hydrogen-bond acceptors (Lipinski definition) is 11. The number of rotatable bonds is 16. The number of pyridine rings is 2. The summed E-state index contributed by atoms with van der Waals surface area (Å²) in [4.78, 5) is 88.5. The zero-order valence-electron chi connectivity index (χ0n) is 30.4. The molecule has 290 valence electrons. The average molecular weight is 749 g/mol. The van der Waals surface area contributed by atoms with E-state index in [-0.39, 0.29) is 43.8 Å². The van der Waals surface area contributed by atoms with Crippen molar-refractivity contribution in [3.63, 3.8) is 0 Å². The van der Waals surface area contributed by atoms with E-state index in [2.05, 4.69) is 36.2 Å². The van der Waals surface area contributed by atoms with E-state index in [1.165, 1.54) is 22.0 Å². The number of nitrogens with zero attached hydrogens (tertiary/aromatic N) is 6. The van der Waals surface area contributed by atoms with Crippen molar-refractivity contribution < 1.29 is 39.0 Å². The number of primary amides is 1. The largest absolute Gasteiger partial charge is 0.465 e. The molecular weight excluding hydrogens is 700 g/mol. The van der Waals surface area contributed by atoms with Gasteiger partial charge in [0.25, 0.3) is 11.8 Å². The van der Waals surface area contributed by atoms with Crippen LogP contribution < -0.4 is 21.7 Å². The van der Waals surface area contributed by atoms with Crippen molar-refractivity contribution in [3.8, 4) is 0 Å². The summed E-state index contributed by atoms with van der Waals surface area (Å²) in [5.41, 5.74) is 4.96. The van der Waals surface area contributed by atoms with Gasteiger partial charge in [-0.1, -0.05) is 37.3 Å². The van der Waals surface area contributed by atoms with Crippen LogP contribution in [0.3, 0.4) is 0 Å². The van der Waals surface area contributed by atoms with Crippen LogP contribution in [0.4, 0.5) is 4.79 Å². The van der Waals surface area contributed by atoms with E-state index in [9.17, 15) is 33.9 Å². The fourth-order valence-electron chi connectivity index (χ4n) is 7.41. The van der Waals surface area contributed by atoms with Crippen LogP contribution in [-0.4, -0.2) is 107 Å². The molecule has 2 unspecified atom stereocenters. The van der Waals surface area contributed by atoms with Gasteiger partial charge in [-0.25, -0.2) is 19.4 Å². The quantitative estimate of drug-likeness (QED) is 0.0896. The zero-order chi connectivity index (χ0) is 39.0. The maximum Gasteiger partial charge on any atom is 0.404 e. The molecule has 2 aliphatic rings. The highest BCUT2D eigenvalue weighted by Crippen LogP contribution is 2.33. The van der Waals surface area contributed by atoms with Crippen LogP contribution in [-0.2, 0) is 24.8 Å². The van der Waals surface area contributed by atoms with E-state index in [0.29, 0.717) is 29.6 Å². The molecular formula is C36H48N10O8. The van der Waals surface area contributed by atoms with Crippen molar-refractivity contribution in [2.45, 2.75) is 108 Å². The van der Waals surface area contributed by atoms with Gasteiger partial charge in [0.1, 0.15) is 17.7 Å². The number of amides is 5. The Morgan fingerprint density at radius 2 is 1.74 bits per heavy atom. The number of aromatic nitrogens is 5. The molecule has 5 rings (SSSR count). The fraction of sp³-hybridized carbons (Fsp3) is 0.556. The predicted octanol–water partition coefficient (Wildman–Crippen LogP) is 1.34. The first-order chi connectivity index (χ1) is 25.7. The number of nitrogens with two attached hydrogens (primary N) is 1. The molecule has 0 bridgehead atoms. The highest BCUT2D eigenvalue weighted by Gasteiger charge is 2.45. The Hall–Kier alpha value is -5.52. The van der Waals surface area contributed by atoms with Crippen LogP contribution in [0.15, 0.2) is 36.8 Å². The Bertz CT molecular complexity index is 1850. The third kappa shape index (κ3) is 9.71. The molecule has 7 N–H and O–H groups in total. The Kier molecular flexibility index (Phi) is 12.9. The second kappa shape index (κ2) is 17.5. The fourth-order valence-corrected chi connectivity index (χ4v) is 7.41. The molecule has 1 saturated heterocycles. The number of aliphatic hydroxyl groups is 1. The van der Waals surface area contributed by atoms with Gasteiger partial charge in [0.05, 0.1) is 29.5 Å². The van der Waals surface area contributed by atoms with Crippen LogP contribution in [0, 0.1) is 5.92 Å². The number of unbranched alkanes of at least 4 members (excludes halogenated alkanes) is 1. The summed E-state index contributed by atoms with van der Waals surface area (Å²) in [6.45, 7) is 3.17. The van der Waals surface area contributed by atoms with Gasteiger partial charge in [-0.15, -0.1) is 5.10 Å². The van der Waals surface area contributed by atoms with E-state index in [0.717, 1.165) is 32.1 Å². The Labute approximate surface area is 311 Å². The summed E-state index contributed by atoms with van der Waals surface area (Å²) in [7, 11) is 0. The van der Waals surface area contributed by atoms with Crippen molar-refractivity contribution >= 4 is 46.5 Å². The molecule has 3 aromatic rings. The van der Waals surface area contributed by atoms with E-state index in [1.807, 2.05) is 0 Å². The van der Waals surface area contributed by atoms with Gasteiger partial charge in [-0.05, 0) is 63.6 Å². The third-order valence-corrected chi connectivity index (χ3v) is 10.1. The molecule has 4 atom stereocenters. The number of carboxylic acid groups (broad SMARTS) is 1. The lowest BCUT2D eigenvalue weighted by molar-refractivity contribution is -0.142.